The number of rotatable bonds is 7. The van der Waals surface area contributed by atoms with Gasteiger partial charge in [-0.3, -0.25) is 9.89 Å². The molecule has 0 bridgehead atoms. The second-order valence-corrected chi connectivity index (χ2v) is 9.31. The fourth-order valence-electron chi connectivity index (χ4n) is 4.73. The molecule has 3 aliphatic rings. The van der Waals surface area contributed by atoms with Crippen LogP contribution in [0.5, 0.6) is 0 Å². The molecule has 3 rings (SSSR count). The van der Waals surface area contributed by atoms with Gasteiger partial charge < -0.3 is 20.5 Å². The summed E-state index contributed by atoms with van der Waals surface area (Å²) in [6.45, 7) is 5.95. The average Bonchev–Trinajstić information content (AvgIpc) is 3.34. The van der Waals surface area contributed by atoms with Gasteiger partial charge in [-0.2, -0.15) is 11.8 Å². The first-order valence-corrected chi connectivity index (χ1v) is 11.3. The molecule has 0 amide bonds. The van der Waals surface area contributed by atoms with Crippen molar-refractivity contribution < 1.29 is 9.84 Å². The highest BCUT2D eigenvalue weighted by atomic mass is 127. The molecule has 2 aliphatic heterocycles. The number of aliphatic hydroxyl groups is 1. The Hall–Kier alpha value is 0.230. The Morgan fingerprint density at radius 1 is 1.15 bits per heavy atom. The molecule has 158 valence electrons. The zero-order chi connectivity index (χ0) is 18.3. The molecule has 3 N–H and O–H groups in total. The molecule has 0 radical (unpaired) electrons. The molecule has 1 saturated carbocycles. The Labute approximate surface area is 185 Å². The molecule has 1 aliphatic carbocycles. The Bertz CT molecular complexity index is 463. The number of aliphatic imine (C=N–C) groups is 1. The van der Waals surface area contributed by atoms with Gasteiger partial charge in [0, 0.05) is 68.9 Å². The van der Waals surface area contributed by atoms with E-state index >= 15 is 0 Å². The van der Waals surface area contributed by atoms with Gasteiger partial charge in [-0.15, -0.1) is 24.0 Å². The lowest BCUT2D eigenvalue weighted by Crippen LogP contribution is -2.58. The van der Waals surface area contributed by atoms with E-state index in [1.807, 2.05) is 7.05 Å². The van der Waals surface area contributed by atoms with E-state index in [1.165, 1.54) is 50.3 Å². The van der Waals surface area contributed by atoms with Crippen molar-refractivity contribution in [2.24, 2.45) is 10.4 Å². The first-order chi connectivity index (χ1) is 12.7. The summed E-state index contributed by atoms with van der Waals surface area (Å²) in [4.78, 5) is 7.18. The van der Waals surface area contributed by atoms with E-state index in [4.69, 9.17) is 4.74 Å². The van der Waals surface area contributed by atoms with Crippen molar-refractivity contribution >= 4 is 41.7 Å². The zero-order valence-corrected chi connectivity index (χ0v) is 19.8. The van der Waals surface area contributed by atoms with E-state index in [-0.39, 0.29) is 36.0 Å². The van der Waals surface area contributed by atoms with Gasteiger partial charge in [-0.1, -0.05) is 12.8 Å². The molecule has 1 atom stereocenters. The minimum atomic E-state index is 0. The van der Waals surface area contributed by atoms with E-state index in [0.29, 0.717) is 5.54 Å². The maximum Gasteiger partial charge on any atom is 0.191 e. The number of guanidine groups is 1. The van der Waals surface area contributed by atoms with Crippen molar-refractivity contribution in [2.45, 2.75) is 44.1 Å². The fourth-order valence-corrected chi connectivity index (χ4v) is 5.63. The standard InChI is InChI=1S/C19H36N4O2S.HI/c1-20-17(21-14-18(6-10-24)7-11-25-16-18)22-15-19(4-2-3-5-19)23-8-12-26-13-9-23;/h24H,2-16H2,1H3,(H2,20,21,22);1H. The van der Waals surface area contributed by atoms with Gasteiger partial charge in [-0.05, 0) is 25.7 Å². The normalized spacial score (nSPS) is 28.7. The molecular formula is C19H37IN4O2S. The summed E-state index contributed by atoms with van der Waals surface area (Å²) in [5.74, 6) is 3.41. The van der Waals surface area contributed by atoms with Crippen LogP contribution in [0.2, 0.25) is 0 Å². The van der Waals surface area contributed by atoms with Gasteiger partial charge >= 0.3 is 0 Å². The number of hydrogen-bond acceptors (Lipinski definition) is 5. The largest absolute Gasteiger partial charge is 0.396 e. The molecule has 27 heavy (non-hydrogen) atoms. The number of thioether (sulfide) groups is 1. The van der Waals surface area contributed by atoms with Gasteiger partial charge in [0.2, 0.25) is 0 Å². The third kappa shape index (κ3) is 6.10. The van der Waals surface area contributed by atoms with Crippen LogP contribution < -0.4 is 10.6 Å². The van der Waals surface area contributed by atoms with Crippen molar-refractivity contribution in [3.63, 3.8) is 0 Å². The maximum absolute atomic E-state index is 9.40. The van der Waals surface area contributed by atoms with Crippen LogP contribution in [0.1, 0.15) is 38.5 Å². The van der Waals surface area contributed by atoms with Crippen molar-refractivity contribution in [1.29, 1.82) is 0 Å². The third-order valence-electron chi connectivity index (χ3n) is 6.48. The highest BCUT2D eigenvalue weighted by Crippen LogP contribution is 2.36. The van der Waals surface area contributed by atoms with Gasteiger partial charge in [0.05, 0.1) is 6.61 Å². The second kappa shape index (κ2) is 11.4. The van der Waals surface area contributed by atoms with E-state index in [0.717, 1.165) is 45.1 Å². The van der Waals surface area contributed by atoms with Crippen molar-refractivity contribution in [2.75, 3.05) is 64.6 Å². The number of nitrogens with one attached hydrogen (secondary N) is 2. The average molecular weight is 513 g/mol. The van der Waals surface area contributed by atoms with Gasteiger partial charge in [-0.25, -0.2) is 0 Å². The fraction of sp³-hybridized carbons (Fsp3) is 0.947. The topological polar surface area (TPSA) is 69.1 Å². The van der Waals surface area contributed by atoms with Crippen LogP contribution in [-0.4, -0.2) is 86.1 Å². The van der Waals surface area contributed by atoms with E-state index in [2.05, 4.69) is 32.3 Å². The van der Waals surface area contributed by atoms with Gasteiger partial charge in [0.15, 0.2) is 5.96 Å². The number of aliphatic hydroxyl groups excluding tert-OH is 1. The summed E-state index contributed by atoms with van der Waals surface area (Å²) in [7, 11) is 1.85. The Kier molecular flexibility index (Phi) is 9.95. The van der Waals surface area contributed by atoms with Crippen LogP contribution in [0.4, 0.5) is 0 Å². The highest BCUT2D eigenvalue weighted by Gasteiger charge is 2.40. The van der Waals surface area contributed by atoms with E-state index < -0.39 is 0 Å². The van der Waals surface area contributed by atoms with Gasteiger partial charge in [0.25, 0.3) is 0 Å². The molecule has 0 aromatic rings. The molecule has 8 heteroatoms. The summed E-state index contributed by atoms with van der Waals surface area (Å²) in [5.41, 5.74) is 0.347. The van der Waals surface area contributed by atoms with Crippen LogP contribution in [-0.2, 0) is 4.74 Å². The number of nitrogens with zero attached hydrogens (tertiary/aromatic N) is 2. The molecule has 0 aromatic carbocycles. The number of hydrogen-bond donors (Lipinski definition) is 3. The van der Waals surface area contributed by atoms with Crippen molar-refractivity contribution in [1.82, 2.24) is 15.5 Å². The van der Waals surface area contributed by atoms with Crippen molar-refractivity contribution in [3.8, 4) is 0 Å². The second-order valence-electron chi connectivity index (χ2n) is 8.09. The summed E-state index contributed by atoms with van der Waals surface area (Å²) in [5, 5.41) is 16.5. The van der Waals surface area contributed by atoms with E-state index in [1.54, 1.807) is 0 Å². The minimum absolute atomic E-state index is 0. The Morgan fingerprint density at radius 2 is 1.85 bits per heavy atom. The molecule has 3 fully saturated rings. The zero-order valence-electron chi connectivity index (χ0n) is 16.7. The smallest absolute Gasteiger partial charge is 0.191 e. The lowest BCUT2D eigenvalue weighted by Gasteiger charge is -2.43. The van der Waals surface area contributed by atoms with E-state index in [9.17, 15) is 5.11 Å². The molecule has 2 saturated heterocycles. The number of halogens is 1. The van der Waals surface area contributed by atoms with Crippen LogP contribution in [0.3, 0.4) is 0 Å². The SMILES string of the molecule is CN=C(NCC1(CCO)CCOC1)NCC1(N2CCSCC2)CCCC1.I. The summed E-state index contributed by atoms with van der Waals surface area (Å²) < 4.78 is 5.60. The lowest BCUT2D eigenvalue weighted by molar-refractivity contribution is 0.107. The van der Waals surface area contributed by atoms with Crippen LogP contribution in [0, 0.1) is 5.41 Å². The summed E-state index contributed by atoms with van der Waals surface area (Å²) >= 11 is 2.08. The first-order valence-electron chi connectivity index (χ1n) is 10.2. The summed E-state index contributed by atoms with van der Waals surface area (Å²) in [6.07, 6.45) is 7.07. The Balaban J connectivity index is 0.00000261. The minimum Gasteiger partial charge on any atom is -0.396 e. The third-order valence-corrected chi connectivity index (χ3v) is 7.43. The quantitative estimate of drug-likeness (QED) is 0.275. The molecule has 6 nitrogen and oxygen atoms in total. The highest BCUT2D eigenvalue weighted by molar-refractivity contribution is 14.0. The lowest BCUT2D eigenvalue weighted by atomic mass is 9.84. The van der Waals surface area contributed by atoms with Crippen LogP contribution >= 0.6 is 35.7 Å². The van der Waals surface area contributed by atoms with Crippen LogP contribution in [0.25, 0.3) is 0 Å². The molecule has 2 heterocycles. The monoisotopic (exact) mass is 512 g/mol. The Morgan fingerprint density at radius 3 is 2.44 bits per heavy atom. The van der Waals surface area contributed by atoms with Crippen molar-refractivity contribution in [3.05, 3.63) is 0 Å². The molecule has 0 spiro atoms. The first kappa shape index (κ1) is 23.5. The maximum atomic E-state index is 9.40. The molecular weight excluding hydrogens is 475 g/mol. The predicted molar refractivity (Wildman–Crippen MR) is 124 cm³/mol. The number of ether oxygens (including phenoxy) is 1. The van der Waals surface area contributed by atoms with Gasteiger partial charge in [0.1, 0.15) is 0 Å². The predicted octanol–water partition coefficient (Wildman–Crippen LogP) is 1.92. The molecule has 0 aromatic heterocycles. The molecule has 1 unspecified atom stereocenters. The van der Waals surface area contributed by atoms with Crippen LogP contribution in [0.15, 0.2) is 4.99 Å². The summed E-state index contributed by atoms with van der Waals surface area (Å²) in [6, 6.07) is 0.